The van der Waals surface area contributed by atoms with Crippen LogP contribution in [0.25, 0.3) is 11.4 Å². The van der Waals surface area contributed by atoms with Crippen molar-refractivity contribution in [2.45, 2.75) is 0 Å². The second-order valence-electron chi connectivity index (χ2n) is 3.50. The van der Waals surface area contributed by atoms with E-state index in [0.717, 1.165) is 5.56 Å². The average Bonchev–Trinajstić information content (AvgIpc) is 2.75. The molecule has 0 spiro atoms. The quantitative estimate of drug-likeness (QED) is 0.804. The van der Waals surface area contributed by atoms with Crippen molar-refractivity contribution in [1.82, 2.24) is 14.8 Å². The lowest BCUT2D eigenvalue weighted by Crippen LogP contribution is -2.00. The maximum Gasteiger partial charge on any atom is 0.162 e. The van der Waals surface area contributed by atoms with Crippen LogP contribution in [0.1, 0.15) is 0 Å². The molecule has 90 valence electrons. The summed E-state index contributed by atoms with van der Waals surface area (Å²) < 4.78 is 12.1. The predicted molar refractivity (Wildman–Crippen MR) is 64.0 cm³/mol. The standard InChI is InChI=1S/C11H14N4O2/c1-15-11(13-6-14-15)7-4-9(16-2)10(17-3)5-8(7)12/h4-6H,12H2,1-3H3. The smallest absolute Gasteiger partial charge is 0.162 e. The molecule has 0 unspecified atom stereocenters. The van der Waals surface area contributed by atoms with Gasteiger partial charge in [-0.15, -0.1) is 0 Å². The molecule has 0 atom stereocenters. The van der Waals surface area contributed by atoms with E-state index in [1.165, 1.54) is 6.33 Å². The highest BCUT2D eigenvalue weighted by Gasteiger charge is 2.13. The maximum absolute atomic E-state index is 5.96. The molecule has 0 saturated carbocycles. The van der Waals surface area contributed by atoms with E-state index in [4.69, 9.17) is 15.2 Å². The lowest BCUT2D eigenvalue weighted by molar-refractivity contribution is 0.355. The summed E-state index contributed by atoms with van der Waals surface area (Å²) in [5.41, 5.74) is 7.30. The largest absolute Gasteiger partial charge is 0.493 e. The first-order valence-corrected chi connectivity index (χ1v) is 5.03. The fourth-order valence-electron chi connectivity index (χ4n) is 1.63. The Kier molecular flexibility index (Phi) is 2.86. The van der Waals surface area contributed by atoms with Crippen molar-refractivity contribution in [2.75, 3.05) is 20.0 Å². The molecular weight excluding hydrogens is 220 g/mol. The van der Waals surface area contributed by atoms with Gasteiger partial charge in [-0.2, -0.15) is 5.10 Å². The third-order valence-corrected chi connectivity index (χ3v) is 2.51. The number of ether oxygens (including phenoxy) is 2. The molecule has 0 radical (unpaired) electrons. The van der Waals surface area contributed by atoms with Gasteiger partial charge in [0.05, 0.1) is 14.2 Å². The zero-order valence-corrected chi connectivity index (χ0v) is 9.97. The molecule has 1 aromatic carbocycles. The lowest BCUT2D eigenvalue weighted by atomic mass is 10.1. The fraction of sp³-hybridized carbons (Fsp3) is 0.273. The topological polar surface area (TPSA) is 75.2 Å². The first kappa shape index (κ1) is 11.3. The summed E-state index contributed by atoms with van der Waals surface area (Å²) in [7, 11) is 4.95. The maximum atomic E-state index is 5.96. The summed E-state index contributed by atoms with van der Waals surface area (Å²) in [5, 5.41) is 4.01. The number of rotatable bonds is 3. The van der Waals surface area contributed by atoms with Gasteiger partial charge in [0.15, 0.2) is 17.3 Å². The summed E-state index contributed by atoms with van der Waals surface area (Å²) >= 11 is 0. The van der Waals surface area contributed by atoms with Crippen molar-refractivity contribution in [3.8, 4) is 22.9 Å². The molecular formula is C11H14N4O2. The molecule has 2 aromatic rings. The number of hydrogen-bond acceptors (Lipinski definition) is 5. The minimum absolute atomic E-state index is 0.568. The third-order valence-electron chi connectivity index (χ3n) is 2.51. The Hall–Kier alpha value is -2.24. The van der Waals surface area contributed by atoms with E-state index in [-0.39, 0.29) is 0 Å². The second-order valence-corrected chi connectivity index (χ2v) is 3.50. The number of aryl methyl sites for hydroxylation is 1. The van der Waals surface area contributed by atoms with Crippen LogP contribution >= 0.6 is 0 Å². The van der Waals surface area contributed by atoms with Gasteiger partial charge >= 0.3 is 0 Å². The molecule has 0 aliphatic heterocycles. The van der Waals surface area contributed by atoms with Crippen LogP contribution in [-0.2, 0) is 7.05 Å². The third kappa shape index (κ3) is 1.89. The van der Waals surface area contributed by atoms with Gasteiger partial charge in [0, 0.05) is 24.4 Å². The molecule has 6 heteroatoms. The van der Waals surface area contributed by atoms with Gasteiger partial charge in [-0.3, -0.25) is 0 Å². The number of aromatic nitrogens is 3. The van der Waals surface area contributed by atoms with E-state index in [9.17, 15) is 0 Å². The number of nitrogen functional groups attached to an aromatic ring is 1. The highest BCUT2D eigenvalue weighted by Crippen LogP contribution is 2.36. The van der Waals surface area contributed by atoms with Gasteiger partial charge in [-0.25, -0.2) is 9.67 Å². The normalized spacial score (nSPS) is 10.3. The van der Waals surface area contributed by atoms with Crippen LogP contribution in [-0.4, -0.2) is 29.0 Å². The van der Waals surface area contributed by atoms with Crippen molar-refractivity contribution in [3.05, 3.63) is 18.5 Å². The van der Waals surface area contributed by atoms with Crippen LogP contribution in [0.3, 0.4) is 0 Å². The Balaban J connectivity index is 2.59. The van der Waals surface area contributed by atoms with Crippen LogP contribution < -0.4 is 15.2 Å². The Morgan fingerprint density at radius 1 is 1.18 bits per heavy atom. The van der Waals surface area contributed by atoms with E-state index in [1.54, 1.807) is 38.1 Å². The van der Waals surface area contributed by atoms with Crippen molar-refractivity contribution < 1.29 is 9.47 Å². The number of anilines is 1. The van der Waals surface area contributed by atoms with E-state index < -0.39 is 0 Å². The van der Waals surface area contributed by atoms with Crippen LogP contribution in [0.2, 0.25) is 0 Å². The zero-order valence-electron chi connectivity index (χ0n) is 9.97. The molecule has 0 amide bonds. The number of benzene rings is 1. The van der Waals surface area contributed by atoms with Crippen molar-refractivity contribution in [1.29, 1.82) is 0 Å². The highest BCUT2D eigenvalue weighted by molar-refractivity contribution is 5.75. The number of methoxy groups -OCH3 is 2. The zero-order chi connectivity index (χ0) is 12.4. The Labute approximate surface area is 99.0 Å². The van der Waals surface area contributed by atoms with E-state index in [2.05, 4.69) is 10.1 Å². The molecule has 2 rings (SSSR count). The second kappa shape index (κ2) is 4.32. The highest BCUT2D eigenvalue weighted by atomic mass is 16.5. The SMILES string of the molecule is COc1cc(N)c(-c2ncnn2C)cc1OC. The molecule has 1 aromatic heterocycles. The van der Waals surface area contributed by atoms with Gasteiger partial charge < -0.3 is 15.2 Å². The Bertz CT molecular complexity index is 536. The number of hydrogen-bond donors (Lipinski definition) is 1. The molecule has 2 N–H and O–H groups in total. The molecule has 0 fully saturated rings. The predicted octanol–water partition coefficient (Wildman–Crippen LogP) is 1.08. The van der Waals surface area contributed by atoms with E-state index >= 15 is 0 Å². The lowest BCUT2D eigenvalue weighted by Gasteiger charge is -2.11. The minimum Gasteiger partial charge on any atom is -0.493 e. The summed E-state index contributed by atoms with van der Waals surface area (Å²) in [6.07, 6.45) is 1.48. The molecule has 0 bridgehead atoms. The average molecular weight is 234 g/mol. The van der Waals surface area contributed by atoms with Gasteiger partial charge in [0.2, 0.25) is 0 Å². The number of nitrogens with two attached hydrogens (primary N) is 1. The van der Waals surface area contributed by atoms with E-state index in [0.29, 0.717) is 23.0 Å². The van der Waals surface area contributed by atoms with Crippen LogP contribution in [0.5, 0.6) is 11.5 Å². The Morgan fingerprint density at radius 2 is 1.82 bits per heavy atom. The summed E-state index contributed by atoms with van der Waals surface area (Å²) in [6, 6.07) is 3.50. The first-order chi connectivity index (χ1) is 8.17. The van der Waals surface area contributed by atoms with Crippen molar-refractivity contribution in [3.63, 3.8) is 0 Å². The van der Waals surface area contributed by atoms with Crippen molar-refractivity contribution >= 4 is 5.69 Å². The van der Waals surface area contributed by atoms with Gasteiger partial charge in [-0.05, 0) is 6.07 Å². The molecule has 0 aliphatic carbocycles. The number of nitrogens with zero attached hydrogens (tertiary/aromatic N) is 3. The van der Waals surface area contributed by atoms with Gasteiger partial charge in [0.25, 0.3) is 0 Å². The molecule has 0 saturated heterocycles. The summed E-state index contributed by atoms with van der Waals surface area (Å²) in [4.78, 5) is 4.15. The Morgan fingerprint density at radius 3 is 2.35 bits per heavy atom. The van der Waals surface area contributed by atoms with Gasteiger partial charge in [-0.1, -0.05) is 0 Å². The first-order valence-electron chi connectivity index (χ1n) is 5.03. The van der Waals surface area contributed by atoms with E-state index in [1.807, 2.05) is 0 Å². The monoisotopic (exact) mass is 234 g/mol. The van der Waals surface area contributed by atoms with Crippen molar-refractivity contribution in [2.24, 2.45) is 7.05 Å². The molecule has 17 heavy (non-hydrogen) atoms. The van der Waals surface area contributed by atoms with Gasteiger partial charge in [0.1, 0.15) is 6.33 Å². The molecule has 6 nitrogen and oxygen atoms in total. The van der Waals surface area contributed by atoms with Crippen LogP contribution in [0.4, 0.5) is 5.69 Å². The van der Waals surface area contributed by atoms with Crippen LogP contribution in [0, 0.1) is 0 Å². The molecule has 0 aliphatic rings. The fourth-order valence-corrected chi connectivity index (χ4v) is 1.63. The summed E-state index contributed by atoms with van der Waals surface area (Å²) in [6.45, 7) is 0. The minimum atomic E-state index is 0.568. The van der Waals surface area contributed by atoms with Crippen LogP contribution in [0.15, 0.2) is 18.5 Å². The molecule has 1 heterocycles. The summed E-state index contributed by atoms with van der Waals surface area (Å²) in [5.74, 6) is 1.89.